The molecule has 1 unspecified atom stereocenters. The minimum Gasteiger partial charge on any atom is -0.313 e. The molecule has 4 nitrogen and oxygen atoms in total. The van der Waals surface area contributed by atoms with Crippen LogP contribution >= 0.6 is 22.6 Å². The normalized spacial score (nSPS) is 12.1. The number of hydrogen-bond acceptors (Lipinski definition) is 3. The minimum absolute atomic E-state index is 0.0594. The van der Waals surface area contributed by atoms with Crippen LogP contribution in [0.4, 0.5) is 5.69 Å². The molecule has 1 N–H and O–H groups in total. The van der Waals surface area contributed by atoms with Crippen molar-refractivity contribution in [3.8, 4) is 0 Å². The van der Waals surface area contributed by atoms with E-state index in [1.807, 2.05) is 37.4 Å². The maximum Gasteiger partial charge on any atom is 0.272 e. The third-order valence-corrected chi connectivity index (χ3v) is 4.22. The number of nitro groups is 1. The monoisotopic (exact) mass is 382 g/mol. The van der Waals surface area contributed by atoms with Crippen LogP contribution in [0, 0.1) is 13.7 Å². The largest absolute Gasteiger partial charge is 0.313 e. The molecule has 0 heterocycles. The maximum atomic E-state index is 11.1. The first-order valence-electron chi connectivity index (χ1n) is 6.27. The zero-order valence-electron chi connectivity index (χ0n) is 11.0. The molecule has 0 aliphatic rings. The topological polar surface area (TPSA) is 55.2 Å². The Balaban J connectivity index is 2.32. The van der Waals surface area contributed by atoms with Gasteiger partial charge in [-0.25, -0.2) is 0 Å². The van der Waals surface area contributed by atoms with Crippen molar-refractivity contribution >= 4 is 28.3 Å². The van der Waals surface area contributed by atoms with Gasteiger partial charge in [0.25, 0.3) is 5.69 Å². The first-order chi connectivity index (χ1) is 9.63. The average Bonchev–Trinajstić information content (AvgIpc) is 2.46. The van der Waals surface area contributed by atoms with Crippen LogP contribution < -0.4 is 5.32 Å². The molecule has 0 aliphatic carbocycles. The van der Waals surface area contributed by atoms with Gasteiger partial charge in [0.05, 0.1) is 4.92 Å². The Morgan fingerprint density at radius 3 is 2.50 bits per heavy atom. The van der Waals surface area contributed by atoms with Gasteiger partial charge in [-0.15, -0.1) is 0 Å². The highest BCUT2D eigenvalue weighted by molar-refractivity contribution is 14.1. The first-order valence-corrected chi connectivity index (χ1v) is 7.35. The van der Waals surface area contributed by atoms with E-state index in [-0.39, 0.29) is 16.7 Å². The van der Waals surface area contributed by atoms with Crippen molar-refractivity contribution in [3.63, 3.8) is 0 Å². The Bertz CT molecular complexity index is 616. The number of nitrogens with one attached hydrogen (secondary N) is 1. The second-order valence-electron chi connectivity index (χ2n) is 4.45. The molecule has 0 radical (unpaired) electrons. The molecule has 20 heavy (non-hydrogen) atoms. The number of nitrogens with zero attached hydrogens (tertiary/aromatic N) is 1. The number of hydrogen-bond donors (Lipinski definition) is 1. The molecule has 104 valence electrons. The van der Waals surface area contributed by atoms with Crippen LogP contribution in [0.5, 0.6) is 0 Å². The van der Waals surface area contributed by atoms with E-state index < -0.39 is 0 Å². The van der Waals surface area contributed by atoms with Gasteiger partial charge >= 0.3 is 0 Å². The Kier molecular flexibility index (Phi) is 5.08. The van der Waals surface area contributed by atoms with E-state index in [1.165, 1.54) is 0 Å². The molecule has 2 aromatic carbocycles. The van der Waals surface area contributed by atoms with Crippen molar-refractivity contribution in [1.82, 2.24) is 5.32 Å². The van der Waals surface area contributed by atoms with Crippen molar-refractivity contribution in [2.45, 2.75) is 12.5 Å². The van der Waals surface area contributed by atoms with Crippen LogP contribution in [0.25, 0.3) is 0 Å². The van der Waals surface area contributed by atoms with Gasteiger partial charge in [-0.1, -0.05) is 36.4 Å². The van der Waals surface area contributed by atoms with Crippen LogP contribution in [-0.4, -0.2) is 12.0 Å². The van der Waals surface area contributed by atoms with E-state index in [2.05, 4.69) is 34.0 Å². The van der Waals surface area contributed by atoms with Gasteiger partial charge in [-0.2, -0.15) is 0 Å². The summed E-state index contributed by atoms with van der Waals surface area (Å²) >= 11 is 2.29. The predicted molar refractivity (Wildman–Crippen MR) is 87.8 cm³/mol. The van der Waals surface area contributed by atoms with Gasteiger partial charge in [0, 0.05) is 21.2 Å². The number of para-hydroxylation sites is 1. The number of nitro benzene ring substituents is 1. The van der Waals surface area contributed by atoms with E-state index in [0.29, 0.717) is 6.42 Å². The molecule has 0 spiro atoms. The molecule has 2 rings (SSSR count). The Labute approximate surface area is 131 Å². The smallest absolute Gasteiger partial charge is 0.272 e. The zero-order valence-corrected chi connectivity index (χ0v) is 13.2. The summed E-state index contributed by atoms with van der Waals surface area (Å²) in [5.41, 5.74) is 2.09. The lowest BCUT2D eigenvalue weighted by Gasteiger charge is -2.18. The van der Waals surface area contributed by atoms with Crippen molar-refractivity contribution in [3.05, 3.63) is 73.3 Å². The van der Waals surface area contributed by atoms with E-state index >= 15 is 0 Å². The summed E-state index contributed by atoms with van der Waals surface area (Å²) in [5.74, 6) is 0. The molecule has 0 aromatic heterocycles. The first kappa shape index (κ1) is 14.9. The molecule has 5 heteroatoms. The van der Waals surface area contributed by atoms with E-state index in [4.69, 9.17) is 0 Å². The molecule has 2 aromatic rings. The van der Waals surface area contributed by atoms with Crippen LogP contribution in [0.15, 0.2) is 48.5 Å². The van der Waals surface area contributed by atoms with E-state index in [9.17, 15) is 10.1 Å². The second-order valence-corrected chi connectivity index (χ2v) is 5.61. The third-order valence-electron chi connectivity index (χ3n) is 3.24. The van der Waals surface area contributed by atoms with Gasteiger partial charge in [0.15, 0.2) is 0 Å². The van der Waals surface area contributed by atoms with Crippen molar-refractivity contribution in [2.24, 2.45) is 0 Å². The zero-order chi connectivity index (χ0) is 14.5. The molecule has 0 saturated heterocycles. The highest BCUT2D eigenvalue weighted by Gasteiger charge is 2.18. The Hall–Kier alpha value is -1.47. The fourth-order valence-electron chi connectivity index (χ4n) is 2.21. The quantitative estimate of drug-likeness (QED) is 0.488. The van der Waals surface area contributed by atoms with Crippen molar-refractivity contribution in [1.29, 1.82) is 0 Å². The highest BCUT2D eigenvalue weighted by Crippen LogP contribution is 2.27. The Morgan fingerprint density at radius 1 is 1.20 bits per heavy atom. The number of rotatable bonds is 5. The fourth-order valence-corrected chi connectivity index (χ4v) is 2.97. The standard InChI is InChI=1S/C15H15IN2O2/c1-17-14(12-7-3-4-8-13(12)16)10-11-6-2-5-9-15(11)18(19)20/h2-9,14,17H,10H2,1H3. The van der Waals surface area contributed by atoms with Crippen LogP contribution in [-0.2, 0) is 6.42 Å². The molecular weight excluding hydrogens is 367 g/mol. The predicted octanol–water partition coefficient (Wildman–Crippen LogP) is 3.70. The summed E-state index contributed by atoms with van der Waals surface area (Å²) in [6.07, 6.45) is 0.591. The third kappa shape index (κ3) is 3.34. The van der Waals surface area contributed by atoms with Crippen LogP contribution in [0.2, 0.25) is 0 Å². The SMILES string of the molecule is CNC(Cc1ccccc1[N+](=O)[O-])c1ccccc1I. The summed E-state index contributed by atoms with van der Waals surface area (Å²) in [7, 11) is 1.88. The van der Waals surface area contributed by atoms with Crippen LogP contribution in [0.3, 0.4) is 0 Å². The van der Waals surface area contributed by atoms with Crippen molar-refractivity contribution < 1.29 is 4.92 Å². The lowest BCUT2D eigenvalue weighted by atomic mass is 9.98. The van der Waals surface area contributed by atoms with Gasteiger partial charge in [-0.3, -0.25) is 10.1 Å². The van der Waals surface area contributed by atoms with Gasteiger partial charge in [0.1, 0.15) is 0 Å². The Morgan fingerprint density at radius 2 is 1.85 bits per heavy atom. The molecule has 0 bridgehead atoms. The van der Waals surface area contributed by atoms with E-state index in [0.717, 1.165) is 14.7 Å². The average molecular weight is 382 g/mol. The summed E-state index contributed by atoms with van der Waals surface area (Å²) < 4.78 is 1.16. The van der Waals surface area contributed by atoms with Crippen molar-refractivity contribution in [2.75, 3.05) is 7.05 Å². The van der Waals surface area contributed by atoms with Gasteiger partial charge in [0.2, 0.25) is 0 Å². The van der Waals surface area contributed by atoms with E-state index in [1.54, 1.807) is 12.1 Å². The second kappa shape index (κ2) is 6.81. The molecule has 0 saturated carbocycles. The van der Waals surface area contributed by atoms with Gasteiger partial charge < -0.3 is 5.32 Å². The summed E-state index contributed by atoms with van der Waals surface area (Å²) in [6, 6.07) is 15.0. The van der Waals surface area contributed by atoms with Gasteiger partial charge in [-0.05, 0) is 47.7 Å². The molecule has 0 amide bonds. The lowest BCUT2D eigenvalue weighted by Crippen LogP contribution is -2.20. The summed E-state index contributed by atoms with van der Waals surface area (Å²) in [4.78, 5) is 10.8. The maximum absolute atomic E-state index is 11.1. The highest BCUT2D eigenvalue weighted by atomic mass is 127. The summed E-state index contributed by atoms with van der Waals surface area (Å²) in [5, 5.41) is 14.3. The molecule has 1 atom stereocenters. The molecular formula is C15H15IN2O2. The fraction of sp³-hybridized carbons (Fsp3) is 0.200. The number of likely N-dealkylation sites (N-methyl/N-ethyl adjacent to an activating group) is 1. The summed E-state index contributed by atoms with van der Waals surface area (Å²) in [6.45, 7) is 0. The molecule has 0 fully saturated rings. The number of benzene rings is 2. The van der Waals surface area contributed by atoms with Crippen LogP contribution in [0.1, 0.15) is 17.2 Å². The number of halogens is 1. The lowest BCUT2D eigenvalue weighted by molar-refractivity contribution is -0.385. The molecule has 0 aliphatic heterocycles. The minimum atomic E-state index is -0.321.